The molecule has 0 spiro atoms. The van der Waals surface area contributed by atoms with Gasteiger partial charge in [-0.25, -0.2) is 0 Å². The lowest BCUT2D eigenvalue weighted by atomic mass is 10.1. The Kier molecular flexibility index (Phi) is 6.03. The summed E-state index contributed by atoms with van der Waals surface area (Å²) in [5, 5.41) is 18.1. The van der Waals surface area contributed by atoms with Gasteiger partial charge in [-0.05, 0) is 47.3 Å². The fraction of sp³-hybridized carbons (Fsp3) is 0.0526. The fourth-order valence-corrected chi connectivity index (χ4v) is 2.88. The average molecular weight is 416 g/mol. The average Bonchev–Trinajstić information content (AvgIpc) is 2.67. The lowest BCUT2D eigenvalue weighted by Crippen LogP contribution is -2.37. The van der Waals surface area contributed by atoms with Crippen molar-refractivity contribution in [1.82, 2.24) is 5.32 Å². The first-order chi connectivity index (χ1) is 13.4. The minimum atomic E-state index is -0.605. The molecular weight excluding hydrogens is 402 g/mol. The maximum Gasteiger partial charge on any atom is 0.289 e. The monoisotopic (exact) mass is 415 g/mol. The van der Waals surface area contributed by atoms with E-state index < -0.39 is 10.8 Å². The third kappa shape index (κ3) is 4.93. The molecule has 0 aliphatic rings. The second-order valence-corrected chi connectivity index (χ2v) is 6.54. The zero-order valence-corrected chi connectivity index (χ0v) is 15.9. The number of anilines is 1. The van der Waals surface area contributed by atoms with Gasteiger partial charge in [-0.2, -0.15) is 0 Å². The second-order valence-electron chi connectivity index (χ2n) is 5.72. The van der Waals surface area contributed by atoms with Crippen molar-refractivity contribution in [3.63, 3.8) is 0 Å². The maximum atomic E-state index is 12.0. The molecule has 0 aliphatic heterocycles. The summed E-state index contributed by atoms with van der Waals surface area (Å²) in [6.45, 7) is -0.235. The van der Waals surface area contributed by atoms with Crippen LogP contribution in [0.3, 0.4) is 0 Å². The van der Waals surface area contributed by atoms with Crippen molar-refractivity contribution in [2.45, 2.75) is 0 Å². The summed E-state index contributed by atoms with van der Waals surface area (Å²) in [5.41, 5.74) is 0.0669. The summed E-state index contributed by atoms with van der Waals surface area (Å²) in [6, 6.07) is 17.4. The molecule has 3 rings (SSSR count). The van der Waals surface area contributed by atoms with Crippen molar-refractivity contribution in [1.29, 1.82) is 0 Å². The first-order valence-electron chi connectivity index (χ1n) is 8.09. The zero-order valence-electron chi connectivity index (χ0n) is 14.3. The highest BCUT2D eigenvalue weighted by atomic mass is 35.5. The van der Waals surface area contributed by atoms with Crippen molar-refractivity contribution in [2.75, 3.05) is 11.9 Å². The standard InChI is InChI=1S/C19H14ClN3O4S/c20-16-8-6-14(10-17(16)23(25)26)21-19(28)22-18(24)11-27-15-7-5-12-3-1-2-4-13(12)9-15/h1-10H,11H2,(H2,21,22,24,28). The van der Waals surface area contributed by atoms with Crippen LogP contribution in [0.2, 0.25) is 5.02 Å². The molecule has 0 unspecified atom stereocenters. The van der Waals surface area contributed by atoms with Crippen LogP contribution in [0.4, 0.5) is 11.4 Å². The number of nitro groups is 1. The predicted molar refractivity (Wildman–Crippen MR) is 112 cm³/mol. The largest absolute Gasteiger partial charge is 0.484 e. The smallest absolute Gasteiger partial charge is 0.289 e. The molecule has 3 aromatic carbocycles. The van der Waals surface area contributed by atoms with E-state index in [1.54, 1.807) is 6.07 Å². The van der Waals surface area contributed by atoms with Crippen LogP contribution in [0.5, 0.6) is 5.75 Å². The molecule has 0 aromatic heterocycles. The quantitative estimate of drug-likeness (QED) is 0.366. The molecule has 28 heavy (non-hydrogen) atoms. The number of hydrogen-bond acceptors (Lipinski definition) is 5. The predicted octanol–water partition coefficient (Wildman–Crippen LogP) is 4.29. The van der Waals surface area contributed by atoms with E-state index in [1.165, 1.54) is 18.2 Å². The van der Waals surface area contributed by atoms with Crippen LogP contribution in [0, 0.1) is 10.1 Å². The normalized spacial score (nSPS) is 10.3. The van der Waals surface area contributed by atoms with Crippen molar-refractivity contribution >= 4 is 57.0 Å². The Morgan fingerprint density at radius 2 is 1.86 bits per heavy atom. The second kappa shape index (κ2) is 8.64. The molecule has 0 fully saturated rings. The third-order valence-corrected chi connectivity index (χ3v) is 4.27. The van der Waals surface area contributed by atoms with Crippen molar-refractivity contribution < 1.29 is 14.5 Å². The molecule has 142 valence electrons. The number of fused-ring (bicyclic) bond motifs is 1. The molecule has 0 atom stereocenters. The van der Waals surface area contributed by atoms with Crippen LogP contribution in [-0.2, 0) is 4.79 Å². The van der Waals surface area contributed by atoms with Gasteiger partial charge in [-0.3, -0.25) is 20.2 Å². The van der Waals surface area contributed by atoms with E-state index in [9.17, 15) is 14.9 Å². The number of ether oxygens (including phenoxy) is 1. The number of rotatable bonds is 5. The number of amides is 1. The molecule has 2 N–H and O–H groups in total. The number of benzene rings is 3. The van der Waals surface area contributed by atoms with Gasteiger partial charge in [0.05, 0.1) is 4.92 Å². The van der Waals surface area contributed by atoms with Crippen LogP contribution >= 0.6 is 23.8 Å². The first kappa shape index (κ1) is 19.5. The lowest BCUT2D eigenvalue weighted by Gasteiger charge is -2.11. The molecule has 0 bridgehead atoms. The van der Waals surface area contributed by atoms with Gasteiger partial charge in [0.15, 0.2) is 11.7 Å². The molecule has 1 amide bonds. The van der Waals surface area contributed by atoms with Crippen molar-refractivity contribution in [3.8, 4) is 5.75 Å². The summed E-state index contributed by atoms with van der Waals surface area (Å²) in [7, 11) is 0. The van der Waals surface area contributed by atoms with Crippen LogP contribution < -0.4 is 15.4 Å². The summed E-state index contributed by atoms with van der Waals surface area (Å²) < 4.78 is 5.49. The molecule has 9 heteroatoms. The molecule has 7 nitrogen and oxygen atoms in total. The Morgan fingerprint density at radius 3 is 2.61 bits per heavy atom. The maximum absolute atomic E-state index is 12.0. The van der Waals surface area contributed by atoms with Gasteiger partial charge < -0.3 is 10.1 Å². The lowest BCUT2D eigenvalue weighted by molar-refractivity contribution is -0.384. The minimum Gasteiger partial charge on any atom is -0.484 e. The highest BCUT2D eigenvalue weighted by Crippen LogP contribution is 2.27. The van der Waals surface area contributed by atoms with Crippen LogP contribution in [0.25, 0.3) is 10.8 Å². The summed E-state index contributed by atoms with van der Waals surface area (Å²) >= 11 is 10.8. The van der Waals surface area contributed by atoms with E-state index in [0.717, 1.165) is 10.8 Å². The van der Waals surface area contributed by atoms with E-state index in [0.29, 0.717) is 11.4 Å². The fourth-order valence-electron chi connectivity index (χ4n) is 2.46. The van der Waals surface area contributed by atoms with E-state index in [1.807, 2.05) is 36.4 Å². The number of thiocarbonyl (C=S) groups is 1. The van der Waals surface area contributed by atoms with E-state index in [4.69, 9.17) is 28.6 Å². The van der Waals surface area contributed by atoms with Gasteiger partial charge in [0.1, 0.15) is 10.8 Å². The Bertz CT molecular complexity index is 1070. The van der Waals surface area contributed by atoms with Gasteiger partial charge in [0.2, 0.25) is 0 Å². The Balaban J connectivity index is 1.54. The van der Waals surface area contributed by atoms with Crippen LogP contribution in [-0.4, -0.2) is 22.5 Å². The van der Waals surface area contributed by atoms with Crippen LogP contribution in [0.15, 0.2) is 60.7 Å². The number of halogens is 1. The molecular formula is C19H14ClN3O4S. The number of nitro benzene ring substituents is 1. The topological polar surface area (TPSA) is 93.5 Å². The number of carbonyl (C=O) groups is 1. The highest BCUT2D eigenvalue weighted by Gasteiger charge is 2.14. The number of nitrogens with one attached hydrogen (secondary N) is 2. The minimum absolute atomic E-state index is 0.00860. The van der Waals surface area contributed by atoms with Gasteiger partial charge in [-0.1, -0.05) is 41.9 Å². The number of nitrogens with zero attached hydrogens (tertiary/aromatic N) is 1. The molecule has 0 saturated heterocycles. The summed E-state index contributed by atoms with van der Waals surface area (Å²) in [4.78, 5) is 22.3. The zero-order chi connectivity index (χ0) is 20.1. The summed E-state index contributed by atoms with van der Waals surface area (Å²) in [5.74, 6) is 0.0928. The van der Waals surface area contributed by atoms with Gasteiger partial charge >= 0.3 is 0 Å². The van der Waals surface area contributed by atoms with E-state index in [-0.39, 0.29) is 22.4 Å². The van der Waals surface area contributed by atoms with Gasteiger partial charge in [-0.15, -0.1) is 0 Å². The molecule has 0 heterocycles. The summed E-state index contributed by atoms with van der Waals surface area (Å²) in [6.07, 6.45) is 0. The Hall–Kier alpha value is -3.23. The van der Waals surface area contributed by atoms with Crippen molar-refractivity contribution in [3.05, 3.63) is 75.8 Å². The SMILES string of the molecule is O=C(COc1ccc2ccccc2c1)NC(=S)Nc1ccc(Cl)c([N+](=O)[O-])c1. The third-order valence-electron chi connectivity index (χ3n) is 3.74. The molecule has 0 radical (unpaired) electrons. The molecule has 0 aliphatic carbocycles. The first-order valence-corrected chi connectivity index (χ1v) is 8.87. The number of hydrogen-bond donors (Lipinski definition) is 2. The molecule has 3 aromatic rings. The van der Waals surface area contributed by atoms with Crippen molar-refractivity contribution in [2.24, 2.45) is 0 Å². The van der Waals surface area contributed by atoms with Gasteiger partial charge in [0, 0.05) is 11.8 Å². The van der Waals surface area contributed by atoms with Crippen LogP contribution in [0.1, 0.15) is 0 Å². The van der Waals surface area contributed by atoms with E-state index in [2.05, 4.69) is 10.6 Å². The van der Waals surface area contributed by atoms with Gasteiger partial charge in [0.25, 0.3) is 11.6 Å². The Morgan fingerprint density at radius 1 is 1.11 bits per heavy atom. The highest BCUT2D eigenvalue weighted by molar-refractivity contribution is 7.80. The molecule has 0 saturated carbocycles. The Labute approximate surface area is 170 Å². The van der Waals surface area contributed by atoms with E-state index >= 15 is 0 Å². The number of carbonyl (C=O) groups excluding carboxylic acids is 1.